The first-order valence-electron chi connectivity index (χ1n) is 9.06. The number of carbonyl (C=O) groups excluding carboxylic acids is 2. The van der Waals surface area contributed by atoms with Gasteiger partial charge < -0.3 is 10.1 Å². The van der Waals surface area contributed by atoms with Crippen molar-refractivity contribution < 1.29 is 27.1 Å². The zero-order valence-corrected chi connectivity index (χ0v) is 17.0. The van der Waals surface area contributed by atoms with E-state index in [0.717, 1.165) is 4.31 Å². The van der Waals surface area contributed by atoms with Crippen LogP contribution in [-0.4, -0.2) is 44.3 Å². The number of benzene rings is 2. The SMILES string of the molecule is CCOC(=O)c1cccc(S(=O)(=O)N(CC)CC(=O)NCc2ccc(F)cc2)c1. The maximum atomic E-state index is 12.9. The normalized spacial score (nSPS) is 11.3. The summed E-state index contributed by atoms with van der Waals surface area (Å²) in [5.41, 5.74) is 0.803. The fraction of sp³-hybridized carbons (Fsp3) is 0.300. The third kappa shape index (κ3) is 6.10. The van der Waals surface area contributed by atoms with Crippen LogP contribution in [-0.2, 0) is 26.1 Å². The van der Waals surface area contributed by atoms with E-state index in [1.54, 1.807) is 13.8 Å². The van der Waals surface area contributed by atoms with Crippen molar-refractivity contribution in [2.45, 2.75) is 25.3 Å². The number of sulfonamides is 1. The number of carbonyl (C=O) groups is 2. The molecular formula is C20H23FN2O5S. The highest BCUT2D eigenvalue weighted by Crippen LogP contribution is 2.17. The lowest BCUT2D eigenvalue weighted by Gasteiger charge is -2.20. The maximum Gasteiger partial charge on any atom is 0.338 e. The molecule has 0 heterocycles. The van der Waals surface area contributed by atoms with Gasteiger partial charge in [-0.15, -0.1) is 0 Å². The van der Waals surface area contributed by atoms with Crippen LogP contribution in [0.2, 0.25) is 0 Å². The third-order valence-electron chi connectivity index (χ3n) is 4.06. The van der Waals surface area contributed by atoms with E-state index >= 15 is 0 Å². The average molecular weight is 422 g/mol. The summed E-state index contributed by atoms with van der Waals surface area (Å²) < 4.78 is 44.6. The van der Waals surface area contributed by atoms with Crippen molar-refractivity contribution in [1.29, 1.82) is 0 Å². The van der Waals surface area contributed by atoms with Gasteiger partial charge in [0.1, 0.15) is 5.82 Å². The standard InChI is InChI=1S/C20H23FN2O5S/c1-3-23(14-19(24)22-13-15-8-10-17(21)11-9-15)29(26,27)18-7-5-6-16(12-18)20(25)28-4-2/h5-12H,3-4,13-14H2,1-2H3,(H,22,24). The molecule has 0 aromatic heterocycles. The van der Waals surface area contributed by atoms with Crippen LogP contribution in [0.1, 0.15) is 29.8 Å². The molecule has 0 atom stereocenters. The molecule has 9 heteroatoms. The molecule has 0 unspecified atom stereocenters. The van der Waals surface area contributed by atoms with Crippen molar-refractivity contribution in [2.75, 3.05) is 19.7 Å². The minimum Gasteiger partial charge on any atom is -0.462 e. The zero-order valence-electron chi connectivity index (χ0n) is 16.2. The number of halogens is 1. The molecule has 2 rings (SSSR count). The molecule has 2 aromatic carbocycles. The van der Waals surface area contributed by atoms with Crippen LogP contribution in [0.25, 0.3) is 0 Å². The fourth-order valence-electron chi connectivity index (χ4n) is 2.53. The van der Waals surface area contributed by atoms with E-state index in [-0.39, 0.29) is 42.5 Å². The molecule has 0 bridgehead atoms. The molecule has 0 aliphatic heterocycles. The Labute approximate surface area is 169 Å². The highest BCUT2D eigenvalue weighted by molar-refractivity contribution is 7.89. The minimum atomic E-state index is -3.99. The predicted molar refractivity (Wildman–Crippen MR) is 105 cm³/mol. The summed E-state index contributed by atoms with van der Waals surface area (Å²) in [5.74, 6) is -1.50. The molecule has 0 fully saturated rings. The first-order chi connectivity index (χ1) is 13.8. The number of nitrogens with zero attached hydrogens (tertiary/aromatic N) is 1. The van der Waals surface area contributed by atoms with Gasteiger partial charge in [-0.3, -0.25) is 4.79 Å². The topological polar surface area (TPSA) is 92.8 Å². The van der Waals surface area contributed by atoms with Crippen molar-refractivity contribution in [2.24, 2.45) is 0 Å². The van der Waals surface area contributed by atoms with Crippen LogP contribution in [0.4, 0.5) is 4.39 Å². The lowest BCUT2D eigenvalue weighted by atomic mass is 10.2. The Hall–Kier alpha value is -2.78. The summed E-state index contributed by atoms with van der Waals surface area (Å²) in [4.78, 5) is 24.0. The number of ether oxygens (including phenoxy) is 1. The lowest BCUT2D eigenvalue weighted by Crippen LogP contribution is -2.40. The molecule has 0 saturated carbocycles. The molecule has 29 heavy (non-hydrogen) atoms. The van der Waals surface area contributed by atoms with Crippen LogP contribution < -0.4 is 5.32 Å². The molecule has 0 aliphatic rings. The molecule has 0 radical (unpaired) electrons. The molecule has 1 amide bonds. The van der Waals surface area contributed by atoms with Crippen molar-refractivity contribution in [3.63, 3.8) is 0 Å². The van der Waals surface area contributed by atoms with Gasteiger partial charge >= 0.3 is 5.97 Å². The van der Waals surface area contributed by atoms with Crippen LogP contribution in [0, 0.1) is 5.82 Å². The second-order valence-electron chi connectivity index (χ2n) is 6.08. The number of rotatable bonds is 9. The second kappa shape index (κ2) is 10.1. The van der Waals surface area contributed by atoms with Gasteiger partial charge in [0.05, 0.1) is 23.6 Å². The fourth-order valence-corrected chi connectivity index (χ4v) is 3.98. The van der Waals surface area contributed by atoms with Gasteiger partial charge in [0, 0.05) is 13.1 Å². The number of amides is 1. The molecule has 156 valence electrons. The van der Waals surface area contributed by atoms with Gasteiger partial charge in [-0.2, -0.15) is 4.31 Å². The molecule has 2 aromatic rings. The summed E-state index contributed by atoms with van der Waals surface area (Å²) in [6.07, 6.45) is 0. The second-order valence-corrected chi connectivity index (χ2v) is 8.02. The molecule has 0 aliphatic carbocycles. The van der Waals surface area contributed by atoms with E-state index in [9.17, 15) is 22.4 Å². The predicted octanol–water partition coefficient (Wildman–Crippen LogP) is 2.33. The Kier molecular flexibility index (Phi) is 7.86. The van der Waals surface area contributed by atoms with Gasteiger partial charge in [0.15, 0.2) is 0 Å². The largest absolute Gasteiger partial charge is 0.462 e. The van der Waals surface area contributed by atoms with Gasteiger partial charge in [-0.1, -0.05) is 25.1 Å². The number of hydrogen-bond acceptors (Lipinski definition) is 5. The maximum absolute atomic E-state index is 12.9. The third-order valence-corrected chi connectivity index (χ3v) is 5.98. The zero-order chi connectivity index (χ0) is 21.4. The minimum absolute atomic E-state index is 0.0654. The number of likely N-dealkylation sites (N-methyl/N-ethyl adjacent to an activating group) is 1. The Bertz CT molecular complexity index is 961. The highest BCUT2D eigenvalue weighted by Gasteiger charge is 2.26. The summed E-state index contributed by atoms with van der Waals surface area (Å²) in [6, 6.07) is 11.1. The van der Waals surface area contributed by atoms with Crippen LogP contribution in [0.5, 0.6) is 0 Å². The van der Waals surface area contributed by atoms with Crippen molar-refractivity contribution in [3.8, 4) is 0 Å². The Morgan fingerprint density at radius 3 is 2.41 bits per heavy atom. The first-order valence-corrected chi connectivity index (χ1v) is 10.5. The van der Waals surface area contributed by atoms with Crippen LogP contribution >= 0.6 is 0 Å². The summed E-state index contributed by atoms with van der Waals surface area (Å²) >= 11 is 0. The van der Waals surface area contributed by atoms with Gasteiger partial charge in [0.2, 0.25) is 15.9 Å². The summed E-state index contributed by atoms with van der Waals surface area (Å²) in [5, 5.41) is 2.61. The quantitative estimate of drug-likeness (QED) is 0.626. The number of nitrogens with one attached hydrogen (secondary N) is 1. The summed E-state index contributed by atoms with van der Waals surface area (Å²) in [6.45, 7) is 3.27. The van der Waals surface area contributed by atoms with Gasteiger partial charge in [0.25, 0.3) is 0 Å². The van der Waals surface area contributed by atoms with E-state index in [1.807, 2.05) is 0 Å². The lowest BCUT2D eigenvalue weighted by molar-refractivity contribution is -0.121. The van der Waals surface area contributed by atoms with Crippen molar-refractivity contribution >= 4 is 21.9 Å². The smallest absolute Gasteiger partial charge is 0.338 e. The molecule has 0 saturated heterocycles. The number of esters is 1. The Balaban J connectivity index is 2.09. The first kappa shape index (κ1) is 22.5. The summed E-state index contributed by atoms with van der Waals surface area (Å²) in [7, 11) is -3.99. The van der Waals surface area contributed by atoms with E-state index in [0.29, 0.717) is 5.56 Å². The van der Waals surface area contributed by atoms with Crippen LogP contribution in [0.15, 0.2) is 53.4 Å². The molecule has 1 N–H and O–H groups in total. The van der Waals surface area contributed by atoms with E-state index in [2.05, 4.69) is 5.32 Å². The monoisotopic (exact) mass is 422 g/mol. The highest BCUT2D eigenvalue weighted by atomic mass is 32.2. The van der Waals surface area contributed by atoms with Crippen molar-refractivity contribution in [1.82, 2.24) is 9.62 Å². The van der Waals surface area contributed by atoms with Crippen LogP contribution in [0.3, 0.4) is 0 Å². The average Bonchev–Trinajstić information content (AvgIpc) is 2.71. The molecular weight excluding hydrogens is 399 g/mol. The Morgan fingerprint density at radius 1 is 1.10 bits per heavy atom. The molecule has 0 spiro atoms. The van der Waals surface area contributed by atoms with Gasteiger partial charge in [-0.25, -0.2) is 17.6 Å². The number of hydrogen-bond donors (Lipinski definition) is 1. The Morgan fingerprint density at radius 2 is 1.79 bits per heavy atom. The van der Waals surface area contributed by atoms with Gasteiger partial charge in [-0.05, 0) is 42.8 Å². The van der Waals surface area contributed by atoms with E-state index in [1.165, 1.54) is 48.5 Å². The molecule has 7 nitrogen and oxygen atoms in total. The van der Waals surface area contributed by atoms with E-state index in [4.69, 9.17) is 4.74 Å². The van der Waals surface area contributed by atoms with Crippen molar-refractivity contribution in [3.05, 3.63) is 65.5 Å². The van der Waals surface area contributed by atoms with E-state index < -0.39 is 21.9 Å².